The first-order valence-electron chi connectivity index (χ1n) is 6.34. The van der Waals surface area contributed by atoms with Crippen LogP contribution in [0.2, 0.25) is 0 Å². The summed E-state index contributed by atoms with van der Waals surface area (Å²) in [5.74, 6) is 1.04. The standard InChI is InChI=1S/C15H20N2S/c1-9(2)11-5-6-12(13(7-11)10(3)4)14-8-18-15(16)17-14/h5-10H,1-4H3,(H2,16,17). The number of aromatic nitrogens is 1. The summed E-state index contributed by atoms with van der Waals surface area (Å²) in [6.45, 7) is 8.89. The molecule has 2 nitrogen and oxygen atoms in total. The maximum Gasteiger partial charge on any atom is 0.180 e. The van der Waals surface area contributed by atoms with Crippen LogP contribution >= 0.6 is 11.3 Å². The minimum absolute atomic E-state index is 0.488. The predicted molar refractivity (Wildman–Crippen MR) is 80.1 cm³/mol. The first-order valence-corrected chi connectivity index (χ1v) is 7.22. The highest BCUT2D eigenvalue weighted by Gasteiger charge is 2.13. The molecule has 1 heterocycles. The zero-order valence-corrected chi connectivity index (χ0v) is 12.2. The zero-order chi connectivity index (χ0) is 13.3. The van der Waals surface area contributed by atoms with E-state index in [-0.39, 0.29) is 0 Å². The number of nitrogen functional groups attached to an aromatic ring is 1. The van der Waals surface area contributed by atoms with Gasteiger partial charge in [0.2, 0.25) is 0 Å². The molecule has 0 saturated carbocycles. The van der Waals surface area contributed by atoms with Crippen LogP contribution in [0.5, 0.6) is 0 Å². The first kappa shape index (κ1) is 13.1. The van der Waals surface area contributed by atoms with E-state index in [4.69, 9.17) is 5.73 Å². The Morgan fingerprint density at radius 1 is 1.11 bits per heavy atom. The van der Waals surface area contributed by atoms with E-state index in [1.165, 1.54) is 28.0 Å². The minimum Gasteiger partial charge on any atom is -0.375 e. The third kappa shape index (κ3) is 2.56. The van der Waals surface area contributed by atoms with Crippen LogP contribution in [0, 0.1) is 0 Å². The second kappa shape index (κ2) is 5.11. The number of hydrogen-bond donors (Lipinski definition) is 1. The van der Waals surface area contributed by atoms with Gasteiger partial charge < -0.3 is 5.73 Å². The third-order valence-electron chi connectivity index (χ3n) is 3.16. The Morgan fingerprint density at radius 3 is 2.33 bits per heavy atom. The lowest BCUT2D eigenvalue weighted by Crippen LogP contribution is -1.97. The van der Waals surface area contributed by atoms with Crippen molar-refractivity contribution in [3.63, 3.8) is 0 Å². The second-order valence-electron chi connectivity index (χ2n) is 5.23. The molecule has 1 aromatic carbocycles. The lowest BCUT2D eigenvalue weighted by Gasteiger charge is -2.15. The Bertz CT molecular complexity index is 541. The van der Waals surface area contributed by atoms with E-state index in [1.54, 1.807) is 0 Å². The smallest absolute Gasteiger partial charge is 0.180 e. The summed E-state index contributed by atoms with van der Waals surface area (Å²) in [5, 5.41) is 2.67. The highest BCUT2D eigenvalue weighted by Crippen LogP contribution is 2.33. The Hall–Kier alpha value is -1.35. The Balaban J connectivity index is 2.53. The maximum absolute atomic E-state index is 5.73. The van der Waals surface area contributed by atoms with Crippen molar-refractivity contribution >= 4 is 16.5 Å². The van der Waals surface area contributed by atoms with Crippen molar-refractivity contribution in [2.24, 2.45) is 0 Å². The Morgan fingerprint density at radius 2 is 1.83 bits per heavy atom. The average molecular weight is 260 g/mol. The van der Waals surface area contributed by atoms with E-state index in [0.717, 1.165) is 5.69 Å². The van der Waals surface area contributed by atoms with Crippen LogP contribution in [-0.4, -0.2) is 4.98 Å². The molecule has 0 unspecified atom stereocenters. The molecule has 0 saturated heterocycles. The molecule has 0 amide bonds. The molecule has 0 radical (unpaired) electrons. The molecule has 0 atom stereocenters. The molecule has 0 fully saturated rings. The first-order chi connectivity index (χ1) is 8.49. The fraction of sp³-hybridized carbons (Fsp3) is 0.400. The summed E-state index contributed by atoms with van der Waals surface area (Å²) in [7, 11) is 0. The van der Waals surface area contributed by atoms with Gasteiger partial charge >= 0.3 is 0 Å². The van der Waals surface area contributed by atoms with Crippen LogP contribution in [0.25, 0.3) is 11.3 Å². The molecule has 3 heteroatoms. The molecule has 2 N–H and O–H groups in total. The van der Waals surface area contributed by atoms with Gasteiger partial charge in [0.1, 0.15) is 0 Å². The number of nitrogens with zero attached hydrogens (tertiary/aromatic N) is 1. The Kier molecular flexibility index (Phi) is 3.71. The summed E-state index contributed by atoms with van der Waals surface area (Å²) in [4.78, 5) is 4.39. The minimum atomic E-state index is 0.488. The molecule has 2 rings (SSSR count). The number of nitrogens with two attached hydrogens (primary N) is 1. The molecule has 1 aromatic heterocycles. The van der Waals surface area contributed by atoms with E-state index < -0.39 is 0 Å². The van der Waals surface area contributed by atoms with Crippen molar-refractivity contribution in [2.75, 3.05) is 5.73 Å². The third-order valence-corrected chi connectivity index (χ3v) is 3.84. The van der Waals surface area contributed by atoms with Gasteiger partial charge in [0, 0.05) is 10.9 Å². The summed E-state index contributed by atoms with van der Waals surface area (Å²) < 4.78 is 0. The van der Waals surface area contributed by atoms with Crippen molar-refractivity contribution < 1.29 is 0 Å². The number of benzene rings is 1. The fourth-order valence-corrected chi connectivity index (χ4v) is 2.63. The molecule has 0 bridgehead atoms. The summed E-state index contributed by atoms with van der Waals surface area (Å²) in [6.07, 6.45) is 0. The van der Waals surface area contributed by atoms with Crippen LogP contribution in [0.4, 0.5) is 5.13 Å². The number of rotatable bonds is 3. The predicted octanol–water partition coefficient (Wildman–Crippen LogP) is 4.64. The van der Waals surface area contributed by atoms with Crippen molar-refractivity contribution in [1.29, 1.82) is 0 Å². The van der Waals surface area contributed by atoms with Crippen LogP contribution < -0.4 is 5.73 Å². The lowest BCUT2D eigenvalue weighted by molar-refractivity contribution is 0.835. The van der Waals surface area contributed by atoms with Crippen LogP contribution in [0.3, 0.4) is 0 Å². The normalized spacial score (nSPS) is 11.4. The maximum atomic E-state index is 5.73. The number of thiazole rings is 1. The van der Waals surface area contributed by atoms with Crippen molar-refractivity contribution in [3.8, 4) is 11.3 Å². The SMILES string of the molecule is CC(C)c1ccc(-c2csc(N)n2)c(C(C)C)c1. The van der Waals surface area contributed by atoms with Crippen LogP contribution in [-0.2, 0) is 0 Å². The van der Waals surface area contributed by atoms with E-state index >= 15 is 0 Å². The van der Waals surface area contributed by atoms with Gasteiger partial charge in [0.15, 0.2) is 5.13 Å². The van der Waals surface area contributed by atoms with Crippen molar-refractivity contribution in [1.82, 2.24) is 4.98 Å². The van der Waals surface area contributed by atoms with Crippen molar-refractivity contribution in [3.05, 3.63) is 34.7 Å². The number of hydrogen-bond acceptors (Lipinski definition) is 3. The molecule has 96 valence electrons. The van der Waals surface area contributed by atoms with Crippen LogP contribution in [0.1, 0.15) is 50.7 Å². The van der Waals surface area contributed by atoms with Gasteiger partial charge in [-0.3, -0.25) is 0 Å². The molecule has 2 aromatic rings. The number of anilines is 1. The molecular formula is C15H20N2S. The van der Waals surface area contributed by atoms with E-state index in [2.05, 4.69) is 50.9 Å². The largest absolute Gasteiger partial charge is 0.375 e. The van der Waals surface area contributed by atoms with Gasteiger partial charge in [-0.25, -0.2) is 4.98 Å². The molecule has 0 aliphatic heterocycles. The van der Waals surface area contributed by atoms with E-state index in [9.17, 15) is 0 Å². The van der Waals surface area contributed by atoms with Crippen LogP contribution in [0.15, 0.2) is 23.6 Å². The van der Waals surface area contributed by atoms with Gasteiger partial charge in [0.05, 0.1) is 5.69 Å². The van der Waals surface area contributed by atoms with Gasteiger partial charge in [-0.05, 0) is 23.0 Å². The summed E-state index contributed by atoms with van der Waals surface area (Å²) in [5.41, 5.74) is 10.7. The van der Waals surface area contributed by atoms with Gasteiger partial charge in [-0.2, -0.15) is 0 Å². The highest BCUT2D eigenvalue weighted by molar-refractivity contribution is 7.13. The Labute approximate surface area is 113 Å². The van der Waals surface area contributed by atoms with Gasteiger partial charge in [-0.15, -0.1) is 11.3 Å². The zero-order valence-electron chi connectivity index (χ0n) is 11.4. The second-order valence-corrected chi connectivity index (χ2v) is 6.12. The summed E-state index contributed by atoms with van der Waals surface area (Å²) in [6, 6.07) is 6.68. The molecule has 18 heavy (non-hydrogen) atoms. The molecule has 0 aliphatic carbocycles. The van der Waals surface area contributed by atoms with Gasteiger partial charge in [-0.1, -0.05) is 45.9 Å². The highest BCUT2D eigenvalue weighted by atomic mass is 32.1. The summed E-state index contributed by atoms with van der Waals surface area (Å²) >= 11 is 1.50. The molecule has 0 spiro atoms. The molecular weight excluding hydrogens is 240 g/mol. The van der Waals surface area contributed by atoms with Crippen molar-refractivity contribution in [2.45, 2.75) is 39.5 Å². The van der Waals surface area contributed by atoms with E-state index in [1.807, 2.05) is 5.38 Å². The monoisotopic (exact) mass is 260 g/mol. The molecule has 0 aliphatic rings. The van der Waals surface area contributed by atoms with Gasteiger partial charge in [0.25, 0.3) is 0 Å². The van der Waals surface area contributed by atoms with E-state index in [0.29, 0.717) is 17.0 Å². The lowest BCUT2D eigenvalue weighted by atomic mass is 9.90. The average Bonchev–Trinajstić information content (AvgIpc) is 2.74. The topological polar surface area (TPSA) is 38.9 Å². The fourth-order valence-electron chi connectivity index (χ4n) is 2.06. The quantitative estimate of drug-likeness (QED) is 0.873.